The highest BCUT2D eigenvalue weighted by Crippen LogP contribution is 2.27. The van der Waals surface area contributed by atoms with Crippen LogP contribution >= 0.6 is 11.3 Å². The summed E-state index contributed by atoms with van der Waals surface area (Å²) in [6, 6.07) is 23.0. The minimum absolute atomic E-state index is 0.115. The topological polar surface area (TPSA) is 92.3 Å². The van der Waals surface area contributed by atoms with Gasteiger partial charge in [0.2, 0.25) is 11.0 Å². The summed E-state index contributed by atoms with van der Waals surface area (Å²) in [6.45, 7) is 3.39. The summed E-state index contributed by atoms with van der Waals surface area (Å²) < 4.78 is 28.0. The largest absolute Gasteiger partial charge is 0.299 e. The van der Waals surface area contributed by atoms with Crippen LogP contribution in [0.15, 0.2) is 83.8 Å². The molecule has 168 valence electrons. The fourth-order valence-electron chi connectivity index (χ4n) is 3.12. The zero-order valence-corrected chi connectivity index (χ0v) is 19.7. The van der Waals surface area contributed by atoms with Gasteiger partial charge in [-0.05, 0) is 38.1 Å². The Kier molecular flexibility index (Phi) is 6.52. The maximum Gasteiger partial charge on any atom is 0.264 e. The standard InChI is InChI=1S/C24H22N4O3S2/c1-17-8-12-20(13-9-17)28(33(30,31)21-14-10-18(2)11-15-21)16-22(29)25-24-27-26-23(32-24)19-6-4-3-5-7-19/h3-15H,16H2,1-2H3,(H,25,27,29). The molecule has 0 aliphatic rings. The van der Waals surface area contributed by atoms with E-state index >= 15 is 0 Å². The molecule has 9 heteroatoms. The number of rotatable bonds is 7. The van der Waals surface area contributed by atoms with Crippen molar-refractivity contribution >= 4 is 38.1 Å². The minimum Gasteiger partial charge on any atom is -0.299 e. The molecule has 0 aliphatic carbocycles. The second kappa shape index (κ2) is 9.51. The predicted octanol–water partition coefficient (Wildman–Crippen LogP) is 4.66. The van der Waals surface area contributed by atoms with Gasteiger partial charge in [-0.3, -0.25) is 14.4 Å². The molecule has 0 unspecified atom stereocenters. The molecule has 4 rings (SSSR count). The molecule has 0 radical (unpaired) electrons. The number of anilines is 2. The van der Waals surface area contributed by atoms with Crippen LogP contribution in [0, 0.1) is 13.8 Å². The van der Waals surface area contributed by atoms with Crippen molar-refractivity contribution in [3.8, 4) is 10.6 Å². The SMILES string of the molecule is Cc1ccc(N(CC(=O)Nc2nnc(-c3ccccc3)s2)S(=O)(=O)c2ccc(C)cc2)cc1. The van der Waals surface area contributed by atoms with Gasteiger partial charge in [-0.1, -0.05) is 77.1 Å². The molecule has 0 fully saturated rings. The quantitative estimate of drug-likeness (QED) is 0.417. The Bertz CT molecular complexity index is 1350. The molecule has 1 aromatic heterocycles. The highest BCUT2D eigenvalue weighted by Gasteiger charge is 2.27. The molecule has 4 aromatic rings. The fourth-order valence-corrected chi connectivity index (χ4v) is 5.31. The lowest BCUT2D eigenvalue weighted by Crippen LogP contribution is -2.38. The van der Waals surface area contributed by atoms with Crippen molar-refractivity contribution in [2.45, 2.75) is 18.7 Å². The summed E-state index contributed by atoms with van der Waals surface area (Å²) in [7, 11) is -3.97. The number of aryl methyl sites for hydroxylation is 2. The molecule has 0 saturated carbocycles. The van der Waals surface area contributed by atoms with Gasteiger partial charge >= 0.3 is 0 Å². The molecule has 1 amide bonds. The van der Waals surface area contributed by atoms with Gasteiger partial charge in [-0.2, -0.15) is 0 Å². The summed E-state index contributed by atoms with van der Waals surface area (Å²) in [4.78, 5) is 13.0. The minimum atomic E-state index is -3.97. The monoisotopic (exact) mass is 478 g/mol. The van der Waals surface area contributed by atoms with E-state index in [1.807, 2.05) is 56.3 Å². The second-order valence-corrected chi connectivity index (χ2v) is 10.3. The van der Waals surface area contributed by atoms with Crippen LogP contribution in [0.1, 0.15) is 11.1 Å². The molecule has 0 bridgehead atoms. The zero-order chi connectivity index (χ0) is 23.4. The number of amides is 1. The third kappa shape index (κ3) is 5.27. The van der Waals surface area contributed by atoms with Crippen LogP contribution in [-0.2, 0) is 14.8 Å². The summed E-state index contributed by atoms with van der Waals surface area (Å²) in [5.41, 5.74) is 3.22. The second-order valence-electron chi connectivity index (χ2n) is 7.49. The molecular formula is C24H22N4O3S2. The van der Waals surface area contributed by atoms with Gasteiger partial charge in [0.15, 0.2) is 0 Å². The van der Waals surface area contributed by atoms with Crippen LogP contribution in [-0.4, -0.2) is 31.1 Å². The van der Waals surface area contributed by atoms with Gasteiger partial charge in [-0.15, -0.1) is 10.2 Å². The summed E-state index contributed by atoms with van der Waals surface area (Å²) in [5.74, 6) is -0.512. The Morgan fingerprint density at radius 3 is 2.12 bits per heavy atom. The molecule has 0 saturated heterocycles. The predicted molar refractivity (Wildman–Crippen MR) is 131 cm³/mol. The molecule has 0 aliphatic heterocycles. The molecule has 7 nitrogen and oxygen atoms in total. The molecule has 3 aromatic carbocycles. The van der Waals surface area contributed by atoms with Crippen LogP contribution in [0.3, 0.4) is 0 Å². The number of nitrogens with zero attached hydrogens (tertiary/aromatic N) is 3. The van der Waals surface area contributed by atoms with Crippen molar-refractivity contribution < 1.29 is 13.2 Å². The third-order valence-corrected chi connectivity index (χ3v) is 7.59. The number of benzene rings is 3. The van der Waals surface area contributed by atoms with Crippen LogP contribution in [0.5, 0.6) is 0 Å². The number of hydrogen-bond acceptors (Lipinski definition) is 6. The van der Waals surface area contributed by atoms with Crippen molar-refractivity contribution in [2.75, 3.05) is 16.2 Å². The summed E-state index contributed by atoms with van der Waals surface area (Å²) in [5, 5.41) is 11.8. The molecule has 0 atom stereocenters. The number of aromatic nitrogens is 2. The highest BCUT2D eigenvalue weighted by molar-refractivity contribution is 7.92. The van der Waals surface area contributed by atoms with Crippen molar-refractivity contribution in [3.05, 3.63) is 90.0 Å². The molecule has 1 heterocycles. The summed E-state index contributed by atoms with van der Waals surface area (Å²) >= 11 is 1.22. The molecular weight excluding hydrogens is 456 g/mol. The van der Waals surface area contributed by atoms with Gasteiger partial charge < -0.3 is 0 Å². The molecule has 1 N–H and O–H groups in total. The van der Waals surface area contributed by atoms with E-state index in [1.165, 1.54) is 11.3 Å². The first-order valence-corrected chi connectivity index (χ1v) is 12.4. The number of carbonyl (C=O) groups excluding carboxylic acids is 1. The fraction of sp³-hybridized carbons (Fsp3) is 0.125. The van der Waals surface area contributed by atoms with Crippen molar-refractivity contribution in [1.82, 2.24) is 10.2 Å². The normalized spacial score (nSPS) is 11.2. The van der Waals surface area contributed by atoms with Crippen molar-refractivity contribution in [2.24, 2.45) is 0 Å². The van der Waals surface area contributed by atoms with E-state index in [1.54, 1.807) is 36.4 Å². The Labute approximate surface area is 196 Å². The van der Waals surface area contributed by atoms with E-state index in [-0.39, 0.29) is 4.90 Å². The first kappa shape index (κ1) is 22.6. The van der Waals surface area contributed by atoms with E-state index in [9.17, 15) is 13.2 Å². The highest BCUT2D eigenvalue weighted by atomic mass is 32.2. The number of hydrogen-bond donors (Lipinski definition) is 1. The van der Waals surface area contributed by atoms with Crippen LogP contribution in [0.4, 0.5) is 10.8 Å². The Morgan fingerprint density at radius 2 is 1.48 bits per heavy atom. The first-order valence-electron chi connectivity index (χ1n) is 10.2. The Morgan fingerprint density at radius 1 is 0.879 bits per heavy atom. The average Bonchev–Trinajstić information content (AvgIpc) is 3.27. The van der Waals surface area contributed by atoms with Gasteiger partial charge in [-0.25, -0.2) is 8.42 Å². The van der Waals surface area contributed by atoms with E-state index in [0.29, 0.717) is 15.8 Å². The lowest BCUT2D eigenvalue weighted by Gasteiger charge is -2.24. The van der Waals surface area contributed by atoms with Gasteiger partial charge in [0.05, 0.1) is 10.6 Å². The van der Waals surface area contributed by atoms with Gasteiger partial charge in [0.25, 0.3) is 10.0 Å². The maximum absolute atomic E-state index is 13.4. The van der Waals surface area contributed by atoms with Crippen LogP contribution in [0.2, 0.25) is 0 Å². The van der Waals surface area contributed by atoms with E-state index in [4.69, 9.17) is 0 Å². The Balaban J connectivity index is 1.59. The number of nitrogens with one attached hydrogen (secondary N) is 1. The number of sulfonamides is 1. The summed E-state index contributed by atoms with van der Waals surface area (Å²) in [6.07, 6.45) is 0. The van der Waals surface area contributed by atoms with E-state index in [2.05, 4.69) is 15.5 Å². The third-order valence-electron chi connectivity index (χ3n) is 4.91. The van der Waals surface area contributed by atoms with Crippen molar-refractivity contribution in [3.63, 3.8) is 0 Å². The van der Waals surface area contributed by atoms with E-state index in [0.717, 1.165) is 21.0 Å². The first-order chi connectivity index (χ1) is 15.8. The molecule has 33 heavy (non-hydrogen) atoms. The maximum atomic E-state index is 13.4. The van der Waals surface area contributed by atoms with Crippen molar-refractivity contribution in [1.29, 1.82) is 0 Å². The zero-order valence-electron chi connectivity index (χ0n) is 18.1. The van der Waals surface area contributed by atoms with Crippen LogP contribution in [0.25, 0.3) is 10.6 Å². The van der Waals surface area contributed by atoms with Crippen LogP contribution < -0.4 is 9.62 Å². The molecule has 0 spiro atoms. The number of carbonyl (C=O) groups is 1. The van der Waals surface area contributed by atoms with E-state index < -0.39 is 22.5 Å². The average molecular weight is 479 g/mol. The lowest BCUT2D eigenvalue weighted by atomic mass is 10.2. The lowest BCUT2D eigenvalue weighted by molar-refractivity contribution is -0.114. The van der Waals surface area contributed by atoms with Gasteiger partial charge in [0, 0.05) is 5.56 Å². The smallest absolute Gasteiger partial charge is 0.264 e. The van der Waals surface area contributed by atoms with Gasteiger partial charge in [0.1, 0.15) is 11.6 Å². The Hall–Kier alpha value is -3.56.